The van der Waals surface area contributed by atoms with Crippen LogP contribution in [0.4, 0.5) is 0 Å². The molecular formula is C25H34N4O13S2. The molecule has 2 aromatic carbocycles. The summed E-state index contributed by atoms with van der Waals surface area (Å²) in [5, 5.41) is 22.8. The van der Waals surface area contributed by atoms with Crippen molar-refractivity contribution in [2.75, 3.05) is 26.4 Å². The second kappa shape index (κ2) is 16.1. The van der Waals surface area contributed by atoms with Gasteiger partial charge >= 0.3 is 22.1 Å². The highest BCUT2D eigenvalue weighted by Gasteiger charge is 2.47. The van der Waals surface area contributed by atoms with Gasteiger partial charge in [0, 0.05) is 25.7 Å². The molecule has 0 heterocycles. The fourth-order valence-electron chi connectivity index (χ4n) is 3.63. The number of carboxylic acids is 2. The number of aryl methyl sites for hydroxylation is 1. The van der Waals surface area contributed by atoms with E-state index in [2.05, 4.69) is 5.16 Å². The van der Waals surface area contributed by atoms with Crippen molar-refractivity contribution in [3.05, 3.63) is 48.0 Å². The molecule has 2 unspecified atom stereocenters. The normalized spacial score (nSPS) is 13.1. The summed E-state index contributed by atoms with van der Waals surface area (Å²) >= 11 is 0. The van der Waals surface area contributed by atoms with Gasteiger partial charge in [-0.15, -0.1) is 4.31 Å². The number of oxime groups is 1. The van der Waals surface area contributed by atoms with Gasteiger partial charge in [0.05, 0.1) is 6.61 Å². The van der Waals surface area contributed by atoms with E-state index in [1.807, 2.05) is 0 Å². The van der Waals surface area contributed by atoms with E-state index in [0.29, 0.717) is 12.0 Å². The molecule has 0 saturated heterocycles. The van der Waals surface area contributed by atoms with Gasteiger partial charge in [-0.3, -0.25) is 0 Å². The molecule has 0 bridgehead atoms. The van der Waals surface area contributed by atoms with Crippen LogP contribution >= 0.6 is 0 Å². The summed E-state index contributed by atoms with van der Waals surface area (Å²) in [5.74, 6) is -4.01. The summed E-state index contributed by atoms with van der Waals surface area (Å²) in [6.45, 7) is 3.90. The number of carboxylic acid groups (broad SMARTS) is 2. The molecule has 17 nitrogen and oxygen atoms in total. The largest absolute Gasteiger partial charge is 0.493 e. The molecule has 0 aromatic heterocycles. The van der Waals surface area contributed by atoms with Gasteiger partial charge in [-0.25, -0.2) is 18.0 Å². The zero-order valence-corrected chi connectivity index (χ0v) is 25.6. The van der Waals surface area contributed by atoms with E-state index in [0.717, 1.165) is 18.2 Å². The monoisotopic (exact) mass is 662 g/mol. The molecule has 2 rings (SSSR count). The zero-order chi connectivity index (χ0) is 33.1. The number of guanidine groups is 1. The van der Waals surface area contributed by atoms with Crippen LogP contribution in [0.25, 0.3) is 0 Å². The van der Waals surface area contributed by atoms with Crippen LogP contribution in [-0.2, 0) is 44.0 Å². The van der Waals surface area contributed by atoms with E-state index < -0.39 is 54.3 Å². The average molecular weight is 663 g/mol. The molecule has 244 valence electrons. The van der Waals surface area contributed by atoms with E-state index in [-0.39, 0.29) is 48.2 Å². The maximum absolute atomic E-state index is 13.9. The molecule has 0 fully saturated rings. The molecule has 6 N–H and O–H groups in total. The first-order valence-corrected chi connectivity index (χ1v) is 15.7. The number of hydrogen-bond donors (Lipinski definition) is 4. The molecule has 0 spiro atoms. The number of hydrogen-bond acceptors (Lipinski definition) is 12. The van der Waals surface area contributed by atoms with Gasteiger partial charge in [0.15, 0.2) is 0 Å². The van der Waals surface area contributed by atoms with Gasteiger partial charge in [-0.1, -0.05) is 12.1 Å². The number of rotatable bonds is 19. The minimum absolute atomic E-state index is 0.0610. The third-order valence-corrected chi connectivity index (χ3v) is 8.54. The highest BCUT2D eigenvalue weighted by Crippen LogP contribution is 2.31. The van der Waals surface area contributed by atoms with Crippen molar-refractivity contribution in [1.82, 2.24) is 4.31 Å². The summed E-state index contributed by atoms with van der Waals surface area (Å²) in [5.41, 5.74) is 10.8. The van der Waals surface area contributed by atoms with Gasteiger partial charge in [0.2, 0.25) is 28.4 Å². The standard InChI is InChI=1S/C25H34N4O13S2/c1-4-38-21(23(30)31)29(22(24(32)33)39-5-2)43(34,35)19-9-6-7-10-20(19)44(36,37)42-18-14-16(3)13-17(15-18)40-11-8-12-41-28-25(26)27/h6-7,9-10,13-15,21-22H,4-5,8,11-12H2,1-3H3,(H,30,31)(H,32,33)(H4,26,27,28). The Morgan fingerprint density at radius 1 is 0.886 bits per heavy atom. The second-order valence-electron chi connectivity index (χ2n) is 8.64. The number of ether oxygens (including phenoxy) is 3. The summed E-state index contributed by atoms with van der Waals surface area (Å²) in [6.07, 6.45) is -4.43. The number of benzene rings is 2. The van der Waals surface area contributed by atoms with Crippen molar-refractivity contribution < 1.29 is 59.9 Å². The Kier molecular flexibility index (Phi) is 13.1. The summed E-state index contributed by atoms with van der Waals surface area (Å²) in [6, 6.07) is 8.29. The molecule has 19 heteroatoms. The number of aliphatic carboxylic acids is 2. The molecule has 0 aliphatic carbocycles. The van der Waals surface area contributed by atoms with E-state index in [1.54, 1.807) is 13.0 Å². The Labute approximate surface area is 254 Å². The van der Waals surface area contributed by atoms with Gasteiger partial charge < -0.3 is 44.9 Å². The topological polar surface area (TPSA) is 257 Å². The molecule has 0 saturated carbocycles. The predicted molar refractivity (Wildman–Crippen MR) is 152 cm³/mol. The SMILES string of the molecule is CCOC(C(=O)O)N(C(OCC)C(=O)O)S(=O)(=O)c1ccccc1S(=O)(=O)Oc1cc(C)cc(OCCCON=C(N)N)c1. The fourth-order valence-corrected chi connectivity index (χ4v) is 6.86. The van der Waals surface area contributed by atoms with Crippen molar-refractivity contribution >= 4 is 38.0 Å². The minimum Gasteiger partial charge on any atom is -0.493 e. The van der Waals surface area contributed by atoms with Gasteiger partial charge in [-0.05, 0) is 55.8 Å². The lowest BCUT2D eigenvalue weighted by Gasteiger charge is -2.32. The Morgan fingerprint density at radius 2 is 1.43 bits per heavy atom. The molecular weight excluding hydrogens is 628 g/mol. The van der Waals surface area contributed by atoms with E-state index in [4.69, 9.17) is 34.7 Å². The van der Waals surface area contributed by atoms with Crippen LogP contribution in [0, 0.1) is 6.92 Å². The van der Waals surface area contributed by atoms with Gasteiger partial charge in [0.25, 0.3) is 0 Å². The van der Waals surface area contributed by atoms with Crippen LogP contribution in [0.3, 0.4) is 0 Å². The number of carbonyl (C=O) groups is 2. The second-order valence-corrected chi connectivity index (χ2v) is 12.0. The Bertz CT molecular complexity index is 1520. The maximum Gasteiger partial charge on any atom is 0.349 e. The molecule has 0 amide bonds. The predicted octanol–water partition coefficient (Wildman–Crippen LogP) is 0.622. The van der Waals surface area contributed by atoms with E-state index in [1.165, 1.54) is 32.0 Å². The molecule has 0 aliphatic heterocycles. The van der Waals surface area contributed by atoms with Crippen LogP contribution in [-0.4, -0.2) is 88.1 Å². The van der Waals surface area contributed by atoms with Crippen molar-refractivity contribution in [1.29, 1.82) is 0 Å². The van der Waals surface area contributed by atoms with Gasteiger partial charge in [0.1, 0.15) is 27.9 Å². The Balaban J connectivity index is 2.50. The van der Waals surface area contributed by atoms with Crippen LogP contribution in [0.1, 0.15) is 25.8 Å². The third kappa shape index (κ3) is 9.67. The van der Waals surface area contributed by atoms with Crippen molar-refractivity contribution in [2.24, 2.45) is 16.6 Å². The molecule has 44 heavy (non-hydrogen) atoms. The quantitative estimate of drug-likeness (QED) is 0.0401. The highest BCUT2D eigenvalue weighted by atomic mass is 32.2. The lowest BCUT2D eigenvalue weighted by atomic mass is 10.2. The van der Waals surface area contributed by atoms with Crippen LogP contribution in [0.15, 0.2) is 57.4 Å². The van der Waals surface area contributed by atoms with Crippen molar-refractivity contribution in [3.8, 4) is 11.5 Å². The number of sulfonamides is 1. The first-order chi connectivity index (χ1) is 20.6. The molecule has 0 aliphatic rings. The van der Waals surface area contributed by atoms with Crippen LogP contribution in [0.2, 0.25) is 0 Å². The summed E-state index contributed by atoms with van der Waals surface area (Å²) in [4.78, 5) is 27.0. The Morgan fingerprint density at radius 3 is 1.95 bits per heavy atom. The first-order valence-electron chi connectivity index (χ1n) is 12.9. The van der Waals surface area contributed by atoms with E-state index in [9.17, 15) is 36.6 Å². The summed E-state index contributed by atoms with van der Waals surface area (Å²) < 4.78 is 75.6. The average Bonchev–Trinajstić information content (AvgIpc) is 2.93. The van der Waals surface area contributed by atoms with Gasteiger partial charge in [-0.2, -0.15) is 8.42 Å². The van der Waals surface area contributed by atoms with Crippen LogP contribution in [0.5, 0.6) is 11.5 Å². The smallest absolute Gasteiger partial charge is 0.349 e. The molecule has 2 aromatic rings. The molecule has 0 radical (unpaired) electrons. The van der Waals surface area contributed by atoms with Crippen molar-refractivity contribution in [3.63, 3.8) is 0 Å². The highest BCUT2D eigenvalue weighted by molar-refractivity contribution is 7.91. The Hall–Kier alpha value is -4.17. The zero-order valence-electron chi connectivity index (χ0n) is 24.0. The van der Waals surface area contributed by atoms with Crippen molar-refractivity contribution in [2.45, 2.75) is 49.4 Å². The summed E-state index contributed by atoms with van der Waals surface area (Å²) in [7, 11) is -10.2. The van der Waals surface area contributed by atoms with E-state index >= 15 is 0 Å². The fraction of sp³-hybridized carbons (Fsp3) is 0.400. The lowest BCUT2D eigenvalue weighted by Crippen LogP contribution is -2.55. The van der Waals surface area contributed by atoms with Crippen LogP contribution < -0.4 is 20.4 Å². The lowest BCUT2D eigenvalue weighted by molar-refractivity contribution is -0.181. The first kappa shape index (κ1) is 36.0. The number of nitrogens with two attached hydrogens (primary N) is 2. The minimum atomic E-state index is -5.28. The molecule has 2 atom stereocenters. The maximum atomic E-state index is 13.9. The third-order valence-electron chi connectivity index (χ3n) is 5.26. The number of nitrogens with zero attached hydrogens (tertiary/aromatic N) is 2.